The maximum Gasteiger partial charge on any atom is 0.273 e. The van der Waals surface area contributed by atoms with Crippen LogP contribution in [0, 0.1) is 23.0 Å². The molecule has 1 saturated heterocycles. The molecule has 1 N–H and O–H groups in total. The van der Waals surface area contributed by atoms with E-state index in [-0.39, 0.29) is 11.6 Å². The van der Waals surface area contributed by atoms with Gasteiger partial charge in [-0.15, -0.1) is 0 Å². The largest absolute Gasteiger partial charge is 0.338 e. The Hall–Kier alpha value is -1.95. The van der Waals surface area contributed by atoms with Gasteiger partial charge in [0.2, 0.25) is 0 Å². The van der Waals surface area contributed by atoms with Crippen molar-refractivity contribution >= 4 is 11.6 Å². The molecule has 0 spiro atoms. The Kier molecular flexibility index (Phi) is 4.34. The highest BCUT2D eigenvalue weighted by molar-refractivity contribution is 5.96. The molecular formula is C14H19N3O3. The summed E-state index contributed by atoms with van der Waals surface area (Å²) in [5, 5.41) is 14.0. The number of carbonyl (C=O) groups excluding carboxylic acids is 1. The summed E-state index contributed by atoms with van der Waals surface area (Å²) in [6, 6.07) is 4.66. The molecule has 0 aliphatic carbocycles. The summed E-state index contributed by atoms with van der Waals surface area (Å²) in [6.45, 7) is 3.94. The number of benzene rings is 1. The molecule has 1 aliphatic rings. The van der Waals surface area contributed by atoms with Gasteiger partial charge in [-0.25, -0.2) is 0 Å². The van der Waals surface area contributed by atoms with Gasteiger partial charge in [0, 0.05) is 30.3 Å². The minimum Gasteiger partial charge on any atom is -0.338 e. The molecule has 6 nitrogen and oxygen atoms in total. The van der Waals surface area contributed by atoms with Gasteiger partial charge in [0.1, 0.15) is 0 Å². The van der Waals surface area contributed by atoms with E-state index >= 15 is 0 Å². The van der Waals surface area contributed by atoms with Gasteiger partial charge in [-0.3, -0.25) is 14.9 Å². The van der Waals surface area contributed by atoms with Crippen molar-refractivity contribution < 1.29 is 9.72 Å². The van der Waals surface area contributed by atoms with Crippen molar-refractivity contribution in [2.75, 3.05) is 26.7 Å². The summed E-state index contributed by atoms with van der Waals surface area (Å²) in [5.74, 6) is 0.354. The quantitative estimate of drug-likeness (QED) is 0.669. The van der Waals surface area contributed by atoms with Crippen LogP contribution >= 0.6 is 0 Å². The van der Waals surface area contributed by atoms with Gasteiger partial charge in [-0.05, 0) is 38.9 Å². The molecule has 1 aromatic carbocycles. The third-order valence-electron chi connectivity index (χ3n) is 3.80. The van der Waals surface area contributed by atoms with E-state index in [1.54, 1.807) is 24.0 Å². The van der Waals surface area contributed by atoms with Gasteiger partial charge in [0.15, 0.2) is 0 Å². The number of nitro benzene ring substituents is 1. The Morgan fingerprint density at radius 1 is 1.55 bits per heavy atom. The number of hydrogen-bond donors (Lipinski definition) is 1. The Bertz CT molecular complexity index is 530. The first-order valence-electron chi connectivity index (χ1n) is 6.72. The van der Waals surface area contributed by atoms with Crippen LogP contribution in [0.2, 0.25) is 0 Å². The molecule has 1 amide bonds. The summed E-state index contributed by atoms with van der Waals surface area (Å²) in [4.78, 5) is 24.7. The third kappa shape index (κ3) is 2.80. The van der Waals surface area contributed by atoms with Crippen LogP contribution in [0.5, 0.6) is 0 Å². The zero-order valence-corrected chi connectivity index (χ0v) is 11.8. The van der Waals surface area contributed by atoms with Gasteiger partial charge in [-0.1, -0.05) is 6.07 Å². The summed E-state index contributed by atoms with van der Waals surface area (Å²) in [5.41, 5.74) is 0.880. The smallest absolute Gasteiger partial charge is 0.273 e. The molecule has 0 bridgehead atoms. The average Bonchev–Trinajstić information content (AvgIpc) is 2.87. The minimum absolute atomic E-state index is 0.00169. The molecule has 1 heterocycles. The van der Waals surface area contributed by atoms with Crippen molar-refractivity contribution in [1.82, 2.24) is 10.2 Å². The second-order valence-corrected chi connectivity index (χ2v) is 5.17. The standard InChI is InChI=1S/C14H19N3O3/c1-10-12(4-3-5-13(10)17(19)20)14(18)16-7-6-11(9-16)8-15-2/h3-5,11,15H,6-9H2,1-2H3. The van der Waals surface area contributed by atoms with Crippen LogP contribution in [0.25, 0.3) is 0 Å². The van der Waals surface area contributed by atoms with Gasteiger partial charge < -0.3 is 10.2 Å². The van der Waals surface area contributed by atoms with Crippen molar-refractivity contribution in [3.05, 3.63) is 39.4 Å². The predicted molar refractivity (Wildman–Crippen MR) is 75.8 cm³/mol. The minimum atomic E-state index is -0.445. The van der Waals surface area contributed by atoms with E-state index in [4.69, 9.17) is 0 Å². The first-order chi connectivity index (χ1) is 9.54. The molecule has 1 aliphatic heterocycles. The molecular weight excluding hydrogens is 258 g/mol. The second kappa shape index (κ2) is 6.00. The molecule has 0 aromatic heterocycles. The van der Waals surface area contributed by atoms with E-state index < -0.39 is 4.92 Å². The molecule has 2 rings (SSSR count). The number of carbonyl (C=O) groups is 1. The fourth-order valence-electron chi connectivity index (χ4n) is 2.70. The van der Waals surface area contributed by atoms with E-state index in [0.717, 1.165) is 13.0 Å². The highest BCUT2D eigenvalue weighted by Gasteiger charge is 2.28. The number of likely N-dealkylation sites (tertiary alicyclic amines) is 1. The van der Waals surface area contributed by atoms with Crippen molar-refractivity contribution in [3.8, 4) is 0 Å². The predicted octanol–water partition coefficient (Wildman–Crippen LogP) is 1.58. The fourth-order valence-corrected chi connectivity index (χ4v) is 2.70. The molecule has 0 saturated carbocycles. The van der Waals surface area contributed by atoms with E-state index in [1.165, 1.54) is 6.07 Å². The SMILES string of the molecule is CNCC1CCN(C(=O)c2cccc([N+](=O)[O-])c2C)C1. The van der Waals surface area contributed by atoms with Gasteiger partial charge in [0.25, 0.3) is 11.6 Å². The number of hydrogen-bond acceptors (Lipinski definition) is 4. The first kappa shape index (κ1) is 14.5. The number of nitrogens with zero attached hydrogens (tertiary/aromatic N) is 2. The van der Waals surface area contributed by atoms with Gasteiger partial charge in [-0.2, -0.15) is 0 Å². The Balaban J connectivity index is 2.18. The molecule has 0 radical (unpaired) electrons. The number of nitro groups is 1. The van der Waals surface area contributed by atoms with Crippen molar-refractivity contribution in [3.63, 3.8) is 0 Å². The van der Waals surface area contributed by atoms with Crippen LogP contribution in [0.4, 0.5) is 5.69 Å². The molecule has 108 valence electrons. The van der Waals surface area contributed by atoms with Crippen molar-refractivity contribution in [2.45, 2.75) is 13.3 Å². The monoisotopic (exact) mass is 277 g/mol. The summed E-state index contributed by atoms with van der Waals surface area (Å²) >= 11 is 0. The highest BCUT2D eigenvalue weighted by atomic mass is 16.6. The summed E-state index contributed by atoms with van der Waals surface area (Å²) < 4.78 is 0. The van der Waals surface area contributed by atoms with Gasteiger partial charge >= 0.3 is 0 Å². The van der Waals surface area contributed by atoms with Crippen LogP contribution in [-0.4, -0.2) is 42.4 Å². The van der Waals surface area contributed by atoms with Crippen molar-refractivity contribution in [1.29, 1.82) is 0 Å². The van der Waals surface area contributed by atoms with Crippen LogP contribution in [0.3, 0.4) is 0 Å². The summed E-state index contributed by atoms with van der Waals surface area (Å²) in [6.07, 6.45) is 0.973. The van der Waals surface area contributed by atoms with Crippen LogP contribution in [-0.2, 0) is 0 Å². The zero-order chi connectivity index (χ0) is 14.7. The lowest BCUT2D eigenvalue weighted by molar-refractivity contribution is -0.385. The molecule has 1 aromatic rings. The molecule has 1 unspecified atom stereocenters. The Morgan fingerprint density at radius 2 is 2.30 bits per heavy atom. The highest BCUT2D eigenvalue weighted by Crippen LogP contribution is 2.24. The normalized spacial score (nSPS) is 18.3. The maximum atomic E-state index is 12.5. The third-order valence-corrected chi connectivity index (χ3v) is 3.80. The van der Waals surface area contributed by atoms with E-state index in [0.29, 0.717) is 30.1 Å². The van der Waals surface area contributed by atoms with E-state index in [1.807, 2.05) is 7.05 Å². The Morgan fingerprint density at radius 3 is 2.95 bits per heavy atom. The van der Waals surface area contributed by atoms with Crippen LogP contribution in [0.1, 0.15) is 22.3 Å². The van der Waals surface area contributed by atoms with E-state index in [2.05, 4.69) is 5.32 Å². The van der Waals surface area contributed by atoms with Gasteiger partial charge in [0.05, 0.1) is 4.92 Å². The zero-order valence-electron chi connectivity index (χ0n) is 11.8. The number of rotatable bonds is 4. The number of amides is 1. The van der Waals surface area contributed by atoms with Crippen LogP contribution in [0.15, 0.2) is 18.2 Å². The fraction of sp³-hybridized carbons (Fsp3) is 0.500. The summed E-state index contributed by atoms with van der Waals surface area (Å²) in [7, 11) is 1.90. The molecule has 6 heteroatoms. The average molecular weight is 277 g/mol. The first-order valence-corrected chi connectivity index (χ1v) is 6.72. The van der Waals surface area contributed by atoms with Crippen LogP contribution < -0.4 is 5.32 Å². The lowest BCUT2D eigenvalue weighted by atomic mass is 10.1. The van der Waals surface area contributed by atoms with Crippen molar-refractivity contribution in [2.24, 2.45) is 5.92 Å². The topological polar surface area (TPSA) is 75.5 Å². The molecule has 1 fully saturated rings. The van der Waals surface area contributed by atoms with E-state index in [9.17, 15) is 14.9 Å². The molecule has 20 heavy (non-hydrogen) atoms. The maximum absolute atomic E-state index is 12.5. The molecule has 1 atom stereocenters. The second-order valence-electron chi connectivity index (χ2n) is 5.17. The number of nitrogens with one attached hydrogen (secondary N) is 1. The Labute approximate surface area is 117 Å². The lowest BCUT2D eigenvalue weighted by Crippen LogP contribution is -2.30. The lowest BCUT2D eigenvalue weighted by Gasteiger charge is -2.17.